The summed E-state index contributed by atoms with van der Waals surface area (Å²) in [7, 11) is 0. The fourth-order valence-corrected chi connectivity index (χ4v) is 2.48. The van der Waals surface area contributed by atoms with Gasteiger partial charge in [0.2, 0.25) is 0 Å². The van der Waals surface area contributed by atoms with Crippen molar-refractivity contribution in [1.29, 1.82) is 0 Å². The third-order valence-corrected chi connectivity index (χ3v) is 4.17. The molecular weight excluding hydrogens is 352 g/mol. The standard InChI is InChI=1S/C16H13ClN2O6/c1-7-11(15(21)14(19(24)25)8(2)13(7)17)6-18-12-4-3-9(20)5-10(12)16(22)23/h3-6,20-21H,1-2H3,(H,22,23)/p-1. The zero-order chi connectivity index (χ0) is 18.9. The number of phenolic OH excluding ortho intramolecular Hbond substituents is 1. The number of aromatic hydroxyl groups is 1. The van der Waals surface area contributed by atoms with Crippen LogP contribution in [0.3, 0.4) is 0 Å². The van der Waals surface area contributed by atoms with Gasteiger partial charge in [0, 0.05) is 11.8 Å². The van der Waals surface area contributed by atoms with Gasteiger partial charge in [-0.15, -0.1) is 0 Å². The summed E-state index contributed by atoms with van der Waals surface area (Å²) < 4.78 is 0. The van der Waals surface area contributed by atoms with E-state index >= 15 is 0 Å². The normalized spacial score (nSPS) is 11.0. The average molecular weight is 364 g/mol. The molecule has 0 aliphatic carbocycles. The maximum absolute atomic E-state index is 12.4. The summed E-state index contributed by atoms with van der Waals surface area (Å²) in [5.74, 6) is -2.44. The maximum Gasteiger partial charge on any atom is 0.338 e. The first-order valence-electron chi connectivity index (χ1n) is 6.89. The van der Waals surface area contributed by atoms with E-state index in [1.165, 1.54) is 26.0 Å². The van der Waals surface area contributed by atoms with E-state index in [0.717, 1.165) is 12.3 Å². The number of benzene rings is 2. The van der Waals surface area contributed by atoms with Crippen molar-refractivity contribution < 1.29 is 25.0 Å². The molecule has 0 heterocycles. The van der Waals surface area contributed by atoms with Gasteiger partial charge in [-0.05, 0) is 48.9 Å². The summed E-state index contributed by atoms with van der Waals surface area (Å²) >= 11 is 6.06. The Kier molecular flexibility index (Phi) is 4.94. The molecule has 0 bridgehead atoms. The molecule has 8 nitrogen and oxygen atoms in total. The summed E-state index contributed by atoms with van der Waals surface area (Å²) in [5.41, 5.74) is -0.707. The number of carbonyl (C=O) groups is 1. The molecule has 0 aromatic heterocycles. The zero-order valence-electron chi connectivity index (χ0n) is 13.1. The van der Waals surface area contributed by atoms with Crippen molar-refractivity contribution in [3.05, 3.63) is 55.6 Å². The summed E-state index contributed by atoms with van der Waals surface area (Å²) in [6, 6.07) is 3.48. The topological polar surface area (TPSA) is 136 Å². The molecule has 0 saturated heterocycles. The summed E-state index contributed by atoms with van der Waals surface area (Å²) in [6.07, 6.45) is 1.04. The van der Waals surface area contributed by atoms with Crippen molar-refractivity contribution in [2.24, 2.45) is 4.99 Å². The van der Waals surface area contributed by atoms with Gasteiger partial charge in [0.15, 0.2) is 0 Å². The molecule has 9 heteroatoms. The molecule has 0 aliphatic rings. The lowest BCUT2D eigenvalue weighted by Crippen LogP contribution is -2.07. The van der Waals surface area contributed by atoms with Gasteiger partial charge in [-0.2, -0.15) is 0 Å². The Labute approximate surface area is 146 Å². The molecule has 0 radical (unpaired) electrons. The van der Waals surface area contributed by atoms with E-state index in [9.17, 15) is 25.1 Å². The quantitative estimate of drug-likeness (QED) is 0.486. The van der Waals surface area contributed by atoms with Crippen LogP contribution in [0.4, 0.5) is 11.4 Å². The highest BCUT2D eigenvalue weighted by Crippen LogP contribution is 2.38. The van der Waals surface area contributed by atoms with Crippen LogP contribution in [0.15, 0.2) is 23.2 Å². The number of carboxylic acids is 1. The third kappa shape index (κ3) is 3.38. The molecule has 0 saturated carbocycles. The minimum Gasteiger partial charge on any atom is -0.867 e. The van der Waals surface area contributed by atoms with E-state index in [2.05, 4.69) is 4.99 Å². The van der Waals surface area contributed by atoms with Crippen LogP contribution < -0.4 is 5.11 Å². The monoisotopic (exact) mass is 363 g/mol. The highest BCUT2D eigenvalue weighted by atomic mass is 35.5. The first kappa shape index (κ1) is 18.2. The fourth-order valence-electron chi connectivity index (χ4n) is 2.29. The molecule has 2 rings (SSSR count). The van der Waals surface area contributed by atoms with Crippen molar-refractivity contribution in [2.45, 2.75) is 13.8 Å². The molecular formula is C16H12ClN2O6-. The number of rotatable bonds is 4. The van der Waals surface area contributed by atoms with Crippen LogP contribution >= 0.6 is 11.6 Å². The molecule has 25 heavy (non-hydrogen) atoms. The number of nitro benzene ring substituents is 1. The summed E-state index contributed by atoms with van der Waals surface area (Å²) in [6.45, 7) is 2.88. The van der Waals surface area contributed by atoms with Crippen molar-refractivity contribution in [2.75, 3.05) is 0 Å². The first-order chi connectivity index (χ1) is 11.6. The van der Waals surface area contributed by atoms with Crippen molar-refractivity contribution in [1.82, 2.24) is 0 Å². The van der Waals surface area contributed by atoms with Gasteiger partial charge < -0.3 is 15.3 Å². The largest absolute Gasteiger partial charge is 0.867 e. The van der Waals surface area contributed by atoms with E-state index in [1.54, 1.807) is 0 Å². The Morgan fingerprint density at radius 1 is 1.32 bits per heavy atom. The Hall–Kier alpha value is -3.13. The van der Waals surface area contributed by atoms with Crippen LogP contribution in [0.2, 0.25) is 5.02 Å². The first-order valence-corrected chi connectivity index (χ1v) is 7.27. The van der Waals surface area contributed by atoms with Crippen LogP contribution in [0.5, 0.6) is 11.5 Å². The lowest BCUT2D eigenvalue weighted by atomic mass is 10.0. The van der Waals surface area contributed by atoms with Gasteiger partial charge in [0.25, 0.3) is 5.69 Å². The van der Waals surface area contributed by atoms with Gasteiger partial charge in [-0.3, -0.25) is 15.1 Å². The van der Waals surface area contributed by atoms with Gasteiger partial charge in [0.1, 0.15) is 5.75 Å². The molecule has 0 fully saturated rings. The van der Waals surface area contributed by atoms with Crippen molar-refractivity contribution in [3.63, 3.8) is 0 Å². The van der Waals surface area contributed by atoms with E-state index < -0.39 is 22.3 Å². The number of aromatic carboxylic acids is 1. The smallest absolute Gasteiger partial charge is 0.338 e. The molecule has 0 atom stereocenters. The fraction of sp³-hybridized carbons (Fsp3) is 0.125. The van der Waals surface area contributed by atoms with Crippen LogP contribution in [0.1, 0.15) is 27.0 Å². The van der Waals surface area contributed by atoms with Gasteiger partial charge >= 0.3 is 5.97 Å². The maximum atomic E-state index is 12.4. The van der Waals surface area contributed by atoms with Gasteiger partial charge in [-0.1, -0.05) is 11.6 Å². The predicted molar refractivity (Wildman–Crippen MR) is 89.3 cm³/mol. The highest BCUT2D eigenvalue weighted by Gasteiger charge is 2.20. The number of carboxylic acid groups (broad SMARTS) is 1. The van der Waals surface area contributed by atoms with Crippen LogP contribution in [0.25, 0.3) is 0 Å². The number of halogens is 1. The molecule has 2 aromatic rings. The molecule has 0 spiro atoms. The van der Waals surface area contributed by atoms with E-state index in [4.69, 9.17) is 16.7 Å². The van der Waals surface area contributed by atoms with Gasteiger partial charge in [-0.25, -0.2) is 4.79 Å². The number of aliphatic imine (C=N–C) groups is 1. The number of nitro groups is 1. The molecule has 2 aromatic carbocycles. The van der Waals surface area contributed by atoms with E-state index in [0.29, 0.717) is 5.56 Å². The molecule has 0 aliphatic heterocycles. The summed E-state index contributed by atoms with van der Waals surface area (Å²) in [5, 5.41) is 42.0. The minimum atomic E-state index is -1.32. The Bertz CT molecular complexity index is 924. The minimum absolute atomic E-state index is 0.0246. The Morgan fingerprint density at radius 3 is 2.52 bits per heavy atom. The summed E-state index contributed by atoms with van der Waals surface area (Å²) in [4.78, 5) is 25.4. The average Bonchev–Trinajstić information content (AvgIpc) is 2.53. The zero-order valence-corrected chi connectivity index (χ0v) is 13.9. The van der Waals surface area contributed by atoms with Crippen LogP contribution in [-0.2, 0) is 0 Å². The molecule has 0 unspecified atom stereocenters. The van der Waals surface area contributed by atoms with E-state index in [1.807, 2.05) is 0 Å². The second kappa shape index (κ2) is 6.78. The Morgan fingerprint density at radius 2 is 1.96 bits per heavy atom. The van der Waals surface area contributed by atoms with Gasteiger partial charge in [0.05, 0.1) is 21.2 Å². The second-order valence-electron chi connectivity index (χ2n) is 5.18. The third-order valence-electron chi connectivity index (χ3n) is 3.60. The van der Waals surface area contributed by atoms with Crippen LogP contribution in [-0.4, -0.2) is 27.3 Å². The SMILES string of the molecule is Cc1c(Cl)c(C)c([N+](=O)[O-])c([O-])c1C=Nc1ccc(O)cc1C(=O)O. The number of nitrogens with zero attached hydrogens (tertiary/aromatic N) is 2. The number of hydrogen-bond acceptors (Lipinski definition) is 6. The molecule has 130 valence electrons. The predicted octanol–water partition coefficient (Wildman–Crippen LogP) is 3.09. The number of hydrogen-bond donors (Lipinski definition) is 2. The van der Waals surface area contributed by atoms with Crippen LogP contribution in [0, 0.1) is 24.0 Å². The van der Waals surface area contributed by atoms with Crippen molar-refractivity contribution in [3.8, 4) is 11.5 Å². The lowest BCUT2D eigenvalue weighted by molar-refractivity contribution is -0.398. The molecule has 2 N–H and O–H groups in total. The lowest BCUT2D eigenvalue weighted by Gasteiger charge is -2.17. The Balaban J connectivity index is 2.64. The molecule has 0 amide bonds. The highest BCUT2D eigenvalue weighted by molar-refractivity contribution is 6.33. The van der Waals surface area contributed by atoms with E-state index in [-0.39, 0.29) is 33.1 Å². The number of phenols is 1. The van der Waals surface area contributed by atoms with Crippen molar-refractivity contribution >= 4 is 35.2 Å². The second-order valence-corrected chi connectivity index (χ2v) is 5.56.